The third kappa shape index (κ3) is 6.02. The van der Waals surface area contributed by atoms with Gasteiger partial charge in [-0.15, -0.1) is 0 Å². The molecule has 0 bridgehead atoms. The number of carbonyl (C=O) groups excluding carboxylic acids is 1. The van der Waals surface area contributed by atoms with Crippen LogP contribution in [0.15, 0.2) is 30.3 Å². The molecule has 1 rings (SSSR count). The average molecular weight is 358 g/mol. The molecule has 0 radical (unpaired) electrons. The van der Waals surface area contributed by atoms with Crippen molar-refractivity contribution in [3.05, 3.63) is 30.3 Å². The standard InChI is InChI=1S/C17H27O6P/c1-2-3-13-23-24(21,15-9-5-4-6-10-15)16(14-19)17(20)22-12-8-7-11-18/h4-6,9-10,16,18-19H,2-3,7-8,11-14H2,1H3. The summed E-state index contributed by atoms with van der Waals surface area (Å²) in [5.74, 6) is -0.737. The van der Waals surface area contributed by atoms with Crippen LogP contribution in [-0.2, 0) is 18.6 Å². The minimum Gasteiger partial charge on any atom is -0.465 e. The third-order valence-corrected chi connectivity index (χ3v) is 6.33. The van der Waals surface area contributed by atoms with Crippen molar-refractivity contribution in [1.29, 1.82) is 0 Å². The van der Waals surface area contributed by atoms with Gasteiger partial charge in [-0.05, 0) is 31.4 Å². The average Bonchev–Trinajstić information content (AvgIpc) is 2.60. The maximum absolute atomic E-state index is 13.4. The number of aliphatic hydroxyl groups is 2. The molecule has 0 spiro atoms. The lowest BCUT2D eigenvalue weighted by Crippen LogP contribution is -2.32. The first-order valence-corrected chi connectivity index (χ1v) is 9.97. The predicted molar refractivity (Wildman–Crippen MR) is 92.7 cm³/mol. The summed E-state index contributed by atoms with van der Waals surface area (Å²) in [7, 11) is -3.60. The molecule has 0 amide bonds. The normalized spacial score (nSPS) is 14.8. The van der Waals surface area contributed by atoms with Crippen molar-refractivity contribution in [2.75, 3.05) is 26.4 Å². The Balaban J connectivity index is 2.93. The second-order valence-corrected chi connectivity index (χ2v) is 8.01. The number of unbranched alkanes of at least 4 members (excludes halogenated alkanes) is 2. The number of aliphatic hydroxyl groups excluding tert-OH is 2. The molecule has 0 aromatic heterocycles. The summed E-state index contributed by atoms with van der Waals surface area (Å²) in [6.45, 7) is 1.74. The lowest BCUT2D eigenvalue weighted by molar-refractivity contribution is -0.144. The summed E-state index contributed by atoms with van der Waals surface area (Å²) in [5.41, 5.74) is -1.24. The van der Waals surface area contributed by atoms with E-state index in [1.807, 2.05) is 6.92 Å². The van der Waals surface area contributed by atoms with Crippen LogP contribution in [0.5, 0.6) is 0 Å². The summed E-state index contributed by atoms with van der Waals surface area (Å²) >= 11 is 0. The zero-order chi connectivity index (χ0) is 17.8. The van der Waals surface area contributed by atoms with Crippen molar-refractivity contribution < 1.29 is 28.8 Å². The maximum Gasteiger partial charge on any atom is 0.321 e. The van der Waals surface area contributed by atoms with Gasteiger partial charge in [-0.25, -0.2) is 0 Å². The van der Waals surface area contributed by atoms with E-state index in [0.29, 0.717) is 24.6 Å². The number of rotatable bonds is 12. The van der Waals surface area contributed by atoms with Crippen molar-refractivity contribution in [3.8, 4) is 0 Å². The molecule has 0 heterocycles. The van der Waals surface area contributed by atoms with Gasteiger partial charge in [0, 0.05) is 11.9 Å². The van der Waals surface area contributed by atoms with E-state index in [1.165, 1.54) is 0 Å². The van der Waals surface area contributed by atoms with Crippen LogP contribution in [0, 0.1) is 0 Å². The van der Waals surface area contributed by atoms with E-state index in [0.717, 1.165) is 6.42 Å². The van der Waals surface area contributed by atoms with Gasteiger partial charge in [-0.2, -0.15) is 0 Å². The van der Waals surface area contributed by atoms with Crippen LogP contribution in [0.2, 0.25) is 0 Å². The second-order valence-electron chi connectivity index (χ2n) is 5.42. The van der Waals surface area contributed by atoms with Crippen molar-refractivity contribution in [2.45, 2.75) is 38.3 Å². The highest BCUT2D eigenvalue weighted by Gasteiger charge is 2.42. The van der Waals surface area contributed by atoms with Crippen LogP contribution < -0.4 is 5.30 Å². The molecule has 136 valence electrons. The number of hydrogen-bond donors (Lipinski definition) is 2. The Morgan fingerprint density at radius 3 is 2.42 bits per heavy atom. The fourth-order valence-electron chi connectivity index (χ4n) is 2.13. The minimum absolute atomic E-state index is 0.0175. The highest BCUT2D eigenvalue weighted by molar-refractivity contribution is 7.68. The zero-order valence-electron chi connectivity index (χ0n) is 14.1. The van der Waals surface area contributed by atoms with Crippen molar-refractivity contribution >= 4 is 18.6 Å². The van der Waals surface area contributed by atoms with E-state index in [4.69, 9.17) is 14.4 Å². The molecule has 1 aromatic rings. The Bertz CT molecular complexity index is 519. The third-order valence-electron chi connectivity index (χ3n) is 3.55. The molecular weight excluding hydrogens is 331 g/mol. The summed E-state index contributed by atoms with van der Waals surface area (Å²) in [6.07, 6.45) is 2.60. The fourth-order valence-corrected chi connectivity index (χ4v) is 4.37. The van der Waals surface area contributed by atoms with Gasteiger partial charge in [0.2, 0.25) is 7.37 Å². The summed E-state index contributed by atoms with van der Waals surface area (Å²) in [6, 6.07) is 8.47. The van der Waals surface area contributed by atoms with E-state index < -0.39 is 25.6 Å². The molecule has 0 fully saturated rings. The van der Waals surface area contributed by atoms with E-state index >= 15 is 0 Å². The smallest absolute Gasteiger partial charge is 0.321 e. The molecule has 2 N–H and O–H groups in total. The van der Waals surface area contributed by atoms with Gasteiger partial charge in [-0.3, -0.25) is 9.36 Å². The summed E-state index contributed by atoms with van der Waals surface area (Å²) < 4.78 is 24.1. The Kier molecular flexibility index (Phi) is 9.88. The molecule has 0 saturated heterocycles. The molecule has 7 heteroatoms. The molecule has 0 aliphatic carbocycles. The Labute approximate surface area is 143 Å². The van der Waals surface area contributed by atoms with Crippen LogP contribution in [0.4, 0.5) is 0 Å². The van der Waals surface area contributed by atoms with Crippen LogP contribution in [-0.4, -0.2) is 48.3 Å². The number of carbonyl (C=O) groups is 1. The quantitative estimate of drug-likeness (QED) is 0.338. The van der Waals surface area contributed by atoms with Crippen LogP contribution >= 0.6 is 7.37 Å². The van der Waals surface area contributed by atoms with Crippen LogP contribution in [0.3, 0.4) is 0 Å². The monoisotopic (exact) mass is 358 g/mol. The highest BCUT2D eigenvalue weighted by atomic mass is 31.2. The Morgan fingerprint density at radius 2 is 1.83 bits per heavy atom. The topological polar surface area (TPSA) is 93.1 Å². The van der Waals surface area contributed by atoms with E-state index in [-0.39, 0.29) is 19.8 Å². The molecule has 6 nitrogen and oxygen atoms in total. The van der Waals surface area contributed by atoms with E-state index in [9.17, 15) is 14.5 Å². The summed E-state index contributed by atoms with van der Waals surface area (Å²) in [4.78, 5) is 12.3. The SMILES string of the molecule is CCCCOP(=O)(c1ccccc1)C(CO)C(=O)OCCCCO. The van der Waals surface area contributed by atoms with Gasteiger partial charge in [0.25, 0.3) is 0 Å². The van der Waals surface area contributed by atoms with Gasteiger partial charge in [0.1, 0.15) is 0 Å². The molecule has 2 unspecified atom stereocenters. The summed E-state index contributed by atoms with van der Waals surface area (Å²) in [5, 5.41) is 18.8. The van der Waals surface area contributed by atoms with Crippen LogP contribution in [0.1, 0.15) is 32.6 Å². The van der Waals surface area contributed by atoms with E-state index in [2.05, 4.69) is 0 Å². The maximum atomic E-state index is 13.4. The minimum atomic E-state index is -3.60. The lowest BCUT2D eigenvalue weighted by Gasteiger charge is -2.25. The molecule has 0 aliphatic heterocycles. The second kappa shape index (κ2) is 11.4. The molecule has 2 atom stereocenters. The Morgan fingerprint density at radius 1 is 1.12 bits per heavy atom. The van der Waals surface area contributed by atoms with Crippen molar-refractivity contribution in [1.82, 2.24) is 0 Å². The van der Waals surface area contributed by atoms with Crippen molar-refractivity contribution in [3.63, 3.8) is 0 Å². The first kappa shape index (κ1) is 20.8. The number of esters is 1. The lowest BCUT2D eigenvalue weighted by atomic mass is 10.3. The van der Waals surface area contributed by atoms with Gasteiger partial charge in [-0.1, -0.05) is 31.5 Å². The molecule has 0 aliphatic rings. The molecular formula is C17H27O6P. The van der Waals surface area contributed by atoms with Gasteiger partial charge in [0.05, 0.1) is 19.8 Å². The largest absolute Gasteiger partial charge is 0.465 e. The molecule has 1 aromatic carbocycles. The number of ether oxygens (including phenoxy) is 1. The zero-order valence-corrected chi connectivity index (χ0v) is 15.0. The highest BCUT2D eigenvalue weighted by Crippen LogP contribution is 2.51. The predicted octanol–water partition coefficient (Wildman–Crippen LogP) is 2.08. The Hall–Kier alpha value is -1.20. The van der Waals surface area contributed by atoms with Gasteiger partial charge < -0.3 is 19.5 Å². The number of benzene rings is 1. The molecule has 0 saturated carbocycles. The first-order valence-electron chi connectivity index (χ1n) is 8.28. The van der Waals surface area contributed by atoms with Gasteiger partial charge in [0.15, 0.2) is 5.66 Å². The van der Waals surface area contributed by atoms with Crippen molar-refractivity contribution in [2.24, 2.45) is 0 Å². The first-order chi connectivity index (χ1) is 11.6. The number of hydrogen-bond acceptors (Lipinski definition) is 6. The van der Waals surface area contributed by atoms with E-state index in [1.54, 1.807) is 30.3 Å². The van der Waals surface area contributed by atoms with Gasteiger partial charge >= 0.3 is 5.97 Å². The van der Waals surface area contributed by atoms with Crippen LogP contribution in [0.25, 0.3) is 0 Å². The molecule has 24 heavy (non-hydrogen) atoms. The fraction of sp³-hybridized carbons (Fsp3) is 0.588.